The Morgan fingerprint density at radius 3 is 2.37 bits per heavy atom. The van der Waals surface area contributed by atoms with Crippen LogP contribution < -0.4 is 10.2 Å². The molecule has 1 N–H and O–H groups in total. The van der Waals surface area contributed by atoms with Gasteiger partial charge in [-0.25, -0.2) is 0 Å². The third kappa shape index (κ3) is 3.25. The van der Waals surface area contributed by atoms with Crippen LogP contribution in [0.25, 0.3) is 0 Å². The fraction of sp³-hybridized carbons (Fsp3) is 0.467. The van der Waals surface area contributed by atoms with Gasteiger partial charge in [0.05, 0.1) is 17.6 Å². The summed E-state index contributed by atoms with van der Waals surface area (Å²) in [6.07, 6.45) is 0. The number of hydrogen-bond donors (Lipinski definition) is 1. The number of benzene rings is 1. The Labute approximate surface area is 114 Å². The summed E-state index contributed by atoms with van der Waals surface area (Å²) in [5.41, 5.74) is 1.55. The summed E-state index contributed by atoms with van der Waals surface area (Å²) in [5, 5.41) is 11.7. The van der Waals surface area contributed by atoms with E-state index in [1.807, 2.05) is 32.9 Å². The molecule has 0 saturated carbocycles. The smallest absolute Gasteiger partial charge is 0.227 e. The molecule has 0 radical (unpaired) electrons. The molecule has 1 aliphatic rings. The Morgan fingerprint density at radius 2 is 1.89 bits per heavy atom. The van der Waals surface area contributed by atoms with Gasteiger partial charge in [0.1, 0.15) is 0 Å². The summed E-state index contributed by atoms with van der Waals surface area (Å²) in [6, 6.07) is 9.56. The third-order valence-corrected chi connectivity index (χ3v) is 3.11. The fourth-order valence-electron chi connectivity index (χ4n) is 2.07. The Balaban J connectivity index is 1.89. The first-order valence-corrected chi connectivity index (χ1v) is 6.46. The summed E-state index contributed by atoms with van der Waals surface area (Å²) < 4.78 is 0. The highest BCUT2D eigenvalue weighted by atomic mass is 16.2. The number of nitrogens with zero attached hydrogens (tertiary/aromatic N) is 2. The number of nitriles is 1. The van der Waals surface area contributed by atoms with Crippen molar-refractivity contribution in [2.75, 3.05) is 18.0 Å². The zero-order chi connectivity index (χ0) is 14.0. The normalized spacial score (nSPS) is 15.6. The number of nitrogens with one attached hydrogen (secondary N) is 1. The molecule has 1 heterocycles. The maximum atomic E-state index is 11.9. The molecule has 19 heavy (non-hydrogen) atoms. The second kappa shape index (κ2) is 4.93. The minimum Gasteiger partial charge on any atom is -0.370 e. The van der Waals surface area contributed by atoms with Crippen molar-refractivity contribution in [3.05, 3.63) is 29.8 Å². The van der Waals surface area contributed by atoms with Gasteiger partial charge in [-0.05, 0) is 45.0 Å². The highest BCUT2D eigenvalue weighted by molar-refractivity contribution is 5.82. The molecule has 1 aromatic carbocycles. The molecule has 1 saturated heterocycles. The summed E-state index contributed by atoms with van der Waals surface area (Å²) in [6.45, 7) is 7.45. The zero-order valence-electron chi connectivity index (χ0n) is 11.6. The van der Waals surface area contributed by atoms with Crippen molar-refractivity contribution in [2.45, 2.75) is 26.3 Å². The lowest BCUT2D eigenvalue weighted by Crippen LogP contribution is -2.56. The van der Waals surface area contributed by atoms with Gasteiger partial charge in [0.25, 0.3) is 0 Å². The predicted octanol–water partition coefficient (Wildman–Crippen LogP) is 1.91. The Bertz CT molecular complexity index is 502. The maximum absolute atomic E-state index is 11.9. The van der Waals surface area contributed by atoms with E-state index in [9.17, 15) is 4.79 Å². The molecule has 0 aromatic heterocycles. The Hall–Kier alpha value is -2.02. The molecule has 1 amide bonds. The van der Waals surface area contributed by atoms with E-state index in [2.05, 4.69) is 16.3 Å². The van der Waals surface area contributed by atoms with Crippen molar-refractivity contribution in [3.8, 4) is 6.07 Å². The molecule has 1 fully saturated rings. The van der Waals surface area contributed by atoms with E-state index in [4.69, 9.17) is 5.26 Å². The minimum absolute atomic E-state index is 0.0647. The van der Waals surface area contributed by atoms with Crippen LogP contribution in [-0.4, -0.2) is 24.5 Å². The van der Waals surface area contributed by atoms with Crippen molar-refractivity contribution in [3.63, 3.8) is 0 Å². The number of rotatable bonds is 2. The molecule has 100 valence electrons. The molecule has 0 aliphatic carbocycles. The van der Waals surface area contributed by atoms with Gasteiger partial charge < -0.3 is 10.2 Å². The first kappa shape index (κ1) is 13.4. The van der Waals surface area contributed by atoms with E-state index in [0.717, 1.165) is 18.8 Å². The largest absolute Gasteiger partial charge is 0.370 e. The minimum atomic E-state index is -0.175. The van der Waals surface area contributed by atoms with Gasteiger partial charge in [0.2, 0.25) is 5.91 Å². The third-order valence-electron chi connectivity index (χ3n) is 3.11. The quantitative estimate of drug-likeness (QED) is 0.880. The van der Waals surface area contributed by atoms with Crippen LogP contribution >= 0.6 is 0 Å². The first-order chi connectivity index (χ1) is 8.89. The van der Waals surface area contributed by atoms with Gasteiger partial charge in [0, 0.05) is 24.3 Å². The molecule has 1 aromatic rings. The number of anilines is 1. The summed E-state index contributed by atoms with van der Waals surface area (Å²) in [4.78, 5) is 14.1. The van der Waals surface area contributed by atoms with Crippen LogP contribution in [0.4, 0.5) is 5.69 Å². The molecular weight excluding hydrogens is 238 g/mol. The summed E-state index contributed by atoms with van der Waals surface area (Å²) >= 11 is 0. The summed E-state index contributed by atoms with van der Waals surface area (Å²) in [7, 11) is 0. The van der Waals surface area contributed by atoms with Crippen LogP contribution in [0.3, 0.4) is 0 Å². The second-order valence-corrected chi connectivity index (χ2v) is 6.00. The molecule has 4 nitrogen and oxygen atoms in total. The molecule has 4 heteroatoms. The zero-order valence-corrected chi connectivity index (χ0v) is 11.6. The van der Waals surface area contributed by atoms with E-state index >= 15 is 0 Å². The van der Waals surface area contributed by atoms with E-state index in [-0.39, 0.29) is 17.4 Å². The van der Waals surface area contributed by atoms with E-state index in [1.165, 1.54) is 0 Å². The molecule has 2 rings (SSSR count). The molecule has 0 bridgehead atoms. The van der Waals surface area contributed by atoms with Gasteiger partial charge >= 0.3 is 0 Å². The maximum Gasteiger partial charge on any atom is 0.227 e. The van der Waals surface area contributed by atoms with Crippen LogP contribution in [0, 0.1) is 17.2 Å². The second-order valence-electron chi connectivity index (χ2n) is 6.00. The van der Waals surface area contributed by atoms with Crippen LogP contribution in [0.2, 0.25) is 0 Å². The molecule has 0 unspecified atom stereocenters. The standard InChI is InChI=1S/C15H19N3O/c1-15(2,3)17-14(19)12-9-18(10-12)13-6-4-11(8-16)5-7-13/h4-7,12H,9-10H2,1-3H3,(H,17,19). The molecule has 0 atom stereocenters. The fourth-order valence-corrected chi connectivity index (χ4v) is 2.07. The lowest BCUT2D eigenvalue weighted by atomic mass is 9.96. The van der Waals surface area contributed by atoms with Gasteiger partial charge in [0.15, 0.2) is 0 Å². The number of amides is 1. The predicted molar refractivity (Wildman–Crippen MR) is 74.8 cm³/mol. The summed E-state index contributed by atoms with van der Waals surface area (Å²) in [5.74, 6) is 0.187. The van der Waals surface area contributed by atoms with Gasteiger partial charge in [-0.1, -0.05) is 0 Å². The molecule has 1 aliphatic heterocycles. The van der Waals surface area contributed by atoms with Crippen molar-refractivity contribution in [1.82, 2.24) is 5.32 Å². The van der Waals surface area contributed by atoms with Crippen molar-refractivity contribution in [2.24, 2.45) is 5.92 Å². The van der Waals surface area contributed by atoms with Crippen LogP contribution in [0.1, 0.15) is 26.3 Å². The average molecular weight is 257 g/mol. The average Bonchev–Trinajstić information content (AvgIpc) is 2.25. The van der Waals surface area contributed by atoms with E-state index < -0.39 is 0 Å². The highest BCUT2D eigenvalue weighted by Gasteiger charge is 2.34. The SMILES string of the molecule is CC(C)(C)NC(=O)C1CN(c2ccc(C#N)cc2)C1. The Morgan fingerprint density at radius 1 is 1.32 bits per heavy atom. The lowest BCUT2D eigenvalue weighted by Gasteiger charge is -2.41. The van der Waals surface area contributed by atoms with Crippen molar-refractivity contribution >= 4 is 11.6 Å². The van der Waals surface area contributed by atoms with Gasteiger partial charge in [-0.3, -0.25) is 4.79 Å². The Kier molecular flexibility index (Phi) is 3.48. The highest BCUT2D eigenvalue weighted by Crippen LogP contribution is 2.25. The van der Waals surface area contributed by atoms with Gasteiger partial charge in [-0.2, -0.15) is 5.26 Å². The van der Waals surface area contributed by atoms with Crippen LogP contribution in [0.5, 0.6) is 0 Å². The number of carbonyl (C=O) groups is 1. The van der Waals surface area contributed by atoms with Gasteiger partial charge in [-0.15, -0.1) is 0 Å². The lowest BCUT2D eigenvalue weighted by molar-refractivity contribution is -0.127. The van der Waals surface area contributed by atoms with Crippen LogP contribution in [0.15, 0.2) is 24.3 Å². The van der Waals surface area contributed by atoms with E-state index in [1.54, 1.807) is 12.1 Å². The topological polar surface area (TPSA) is 56.1 Å². The molecular formula is C15H19N3O. The number of hydrogen-bond acceptors (Lipinski definition) is 3. The first-order valence-electron chi connectivity index (χ1n) is 6.46. The van der Waals surface area contributed by atoms with E-state index in [0.29, 0.717) is 5.56 Å². The monoisotopic (exact) mass is 257 g/mol. The molecule has 0 spiro atoms. The van der Waals surface area contributed by atoms with Crippen molar-refractivity contribution < 1.29 is 4.79 Å². The number of carbonyl (C=O) groups excluding carboxylic acids is 1. The van der Waals surface area contributed by atoms with Crippen molar-refractivity contribution in [1.29, 1.82) is 5.26 Å². The van der Waals surface area contributed by atoms with Crippen LogP contribution in [-0.2, 0) is 4.79 Å².